The second-order valence-electron chi connectivity index (χ2n) is 4.61. The predicted octanol–water partition coefficient (Wildman–Crippen LogP) is 4.50. The molecule has 0 aliphatic rings. The maximum atomic E-state index is 5.97. The molecular formula is C16H16Cl2N2O2S. The Morgan fingerprint density at radius 1 is 1.04 bits per heavy atom. The van der Waals surface area contributed by atoms with Crippen molar-refractivity contribution in [3.05, 3.63) is 52.0 Å². The van der Waals surface area contributed by atoms with Crippen LogP contribution in [0.4, 0.5) is 5.69 Å². The second kappa shape index (κ2) is 8.24. The standard InChI is InChI=1S/C16H16Cl2N2O2S/c1-21-12-5-3-10(15(8-12)22-2)9-19-16(23)20-11-4-6-13(17)14(18)7-11/h3-8H,9H2,1-2H3,(H2,19,20,23). The van der Waals surface area contributed by atoms with Crippen molar-refractivity contribution in [1.82, 2.24) is 5.32 Å². The third kappa shape index (κ3) is 4.89. The Bertz CT molecular complexity index is 710. The van der Waals surface area contributed by atoms with Gasteiger partial charge in [-0.2, -0.15) is 0 Å². The zero-order chi connectivity index (χ0) is 16.8. The molecule has 2 N–H and O–H groups in total. The fourth-order valence-corrected chi connectivity index (χ4v) is 2.41. The Morgan fingerprint density at radius 2 is 1.83 bits per heavy atom. The molecule has 4 nitrogen and oxygen atoms in total. The van der Waals surface area contributed by atoms with Crippen molar-refractivity contribution < 1.29 is 9.47 Å². The molecule has 122 valence electrons. The molecule has 0 aliphatic heterocycles. The van der Waals surface area contributed by atoms with Crippen molar-refractivity contribution in [2.45, 2.75) is 6.54 Å². The van der Waals surface area contributed by atoms with Crippen LogP contribution in [0.2, 0.25) is 10.0 Å². The average molecular weight is 371 g/mol. The van der Waals surface area contributed by atoms with Crippen LogP contribution in [0.15, 0.2) is 36.4 Å². The summed E-state index contributed by atoms with van der Waals surface area (Å²) in [6.45, 7) is 0.514. The van der Waals surface area contributed by atoms with Gasteiger partial charge in [-0.15, -0.1) is 0 Å². The van der Waals surface area contributed by atoms with Crippen molar-refractivity contribution in [2.75, 3.05) is 19.5 Å². The number of thiocarbonyl (C=S) groups is 1. The normalized spacial score (nSPS) is 10.1. The monoisotopic (exact) mass is 370 g/mol. The quantitative estimate of drug-likeness (QED) is 0.758. The number of methoxy groups -OCH3 is 2. The Hall–Kier alpha value is -1.69. The van der Waals surface area contributed by atoms with E-state index in [2.05, 4.69) is 10.6 Å². The van der Waals surface area contributed by atoms with Crippen LogP contribution >= 0.6 is 35.4 Å². The molecule has 0 unspecified atom stereocenters. The molecule has 7 heteroatoms. The molecule has 0 saturated carbocycles. The van der Waals surface area contributed by atoms with E-state index >= 15 is 0 Å². The summed E-state index contributed by atoms with van der Waals surface area (Å²) in [5, 5.41) is 7.61. The molecule has 0 atom stereocenters. The van der Waals surface area contributed by atoms with E-state index in [9.17, 15) is 0 Å². The molecule has 0 saturated heterocycles. The number of ether oxygens (including phenoxy) is 2. The van der Waals surface area contributed by atoms with Gasteiger partial charge in [0.25, 0.3) is 0 Å². The number of anilines is 1. The van der Waals surface area contributed by atoms with E-state index in [1.54, 1.807) is 32.4 Å². The minimum absolute atomic E-state index is 0.469. The first-order chi connectivity index (χ1) is 11.0. The van der Waals surface area contributed by atoms with Gasteiger partial charge >= 0.3 is 0 Å². The van der Waals surface area contributed by atoms with Crippen molar-refractivity contribution in [2.24, 2.45) is 0 Å². The van der Waals surface area contributed by atoms with Crippen molar-refractivity contribution >= 4 is 46.2 Å². The minimum atomic E-state index is 0.469. The molecule has 0 heterocycles. The Labute approximate surface area is 150 Å². The lowest BCUT2D eigenvalue weighted by Crippen LogP contribution is -2.28. The molecule has 2 aromatic rings. The fourth-order valence-electron chi connectivity index (χ4n) is 1.92. The fraction of sp³-hybridized carbons (Fsp3) is 0.188. The average Bonchev–Trinajstić information content (AvgIpc) is 2.56. The van der Waals surface area contributed by atoms with Crippen molar-refractivity contribution in [3.8, 4) is 11.5 Å². The third-order valence-electron chi connectivity index (χ3n) is 3.11. The zero-order valence-electron chi connectivity index (χ0n) is 12.7. The largest absolute Gasteiger partial charge is 0.497 e. The molecule has 0 aromatic heterocycles. The van der Waals surface area contributed by atoms with Gasteiger partial charge in [0, 0.05) is 23.9 Å². The number of hydrogen-bond acceptors (Lipinski definition) is 3. The number of hydrogen-bond donors (Lipinski definition) is 2. The highest BCUT2D eigenvalue weighted by atomic mass is 35.5. The van der Waals surface area contributed by atoms with Gasteiger partial charge < -0.3 is 20.1 Å². The lowest BCUT2D eigenvalue weighted by Gasteiger charge is -2.14. The Balaban J connectivity index is 1.97. The van der Waals surface area contributed by atoms with Gasteiger partial charge in [-0.05, 0) is 42.5 Å². The van der Waals surface area contributed by atoms with Crippen LogP contribution in [0.25, 0.3) is 0 Å². The molecule has 0 aliphatic carbocycles. The molecule has 0 amide bonds. The first kappa shape index (κ1) is 17.7. The summed E-state index contributed by atoms with van der Waals surface area (Å²) in [5.41, 5.74) is 1.73. The lowest BCUT2D eigenvalue weighted by atomic mass is 10.2. The van der Waals surface area contributed by atoms with Crippen LogP contribution in [0.1, 0.15) is 5.56 Å². The summed E-state index contributed by atoms with van der Waals surface area (Å²) in [5.74, 6) is 1.47. The van der Waals surface area contributed by atoms with E-state index in [-0.39, 0.29) is 0 Å². The van der Waals surface area contributed by atoms with Gasteiger partial charge in [0.2, 0.25) is 0 Å². The summed E-state index contributed by atoms with van der Waals surface area (Å²) < 4.78 is 10.5. The Morgan fingerprint density at radius 3 is 2.48 bits per heavy atom. The number of halogens is 2. The van der Waals surface area contributed by atoms with Crippen LogP contribution < -0.4 is 20.1 Å². The van der Waals surface area contributed by atoms with Gasteiger partial charge in [0.15, 0.2) is 5.11 Å². The summed E-state index contributed by atoms with van der Waals surface area (Å²) in [7, 11) is 3.23. The molecule has 2 rings (SSSR count). The maximum absolute atomic E-state index is 5.97. The molecular weight excluding hydrogens is 355 g/mol. The number of rotatable bonds is 5. The second-order valence-corrected chi connectivity index (χ2v) is 5.84. The molecule has 23 heavy (non-hydrogen) atoms. The van der Waals surface area contributed by atoms with E-state index in [1.165, 1.54) is 0 Å². The van der Waals surface area contributed by atoms with E-state index in [1.807, 2.05) is 18.2 Å². The van der Waals surface area contributed by atoms with Gasteiger partial charge in [-0.3, -0.25) is 0 Å². The summed E-state index contributed by atoms with van der Waals surface area (Å²) >= 11 is 17.1. The number of nitrogens with one attached hydrogen (secondary N) is 2. The van der Waals surface area contributed by atoms with Gasteiger partial charge in [-0.25, -0.2) is 0 Å². The van der Waals surface area contributed by atoms with Crippen molar-refractivity contribution in [3.63, 3.8) is 0 Å². The highest BCUT2D eigenvalue weighted by molar-refractivity contribution is 7.80. The van der Waals surface area contributed by atoms with E-state index in [4.69, 9.17) is 44.9 Å². The SMILES string of the molecule is COc1ccc(CNC(=S)Nc2ccc(Cl)c(Cl)c2)c(OC)c1. The predicted molar refractivity (Wildman–Crippen MR) is 99.1 cm³/mol. The third-order valence-corrected chi connectivity index (χ3v) is 4.10. The molecule has 2 aromatic carbocycles. The minimum Gasteiger partial charge on any atom is -0.497 e. The molecule has 0 radical (unpaired) electrons. The van der Waals surface area contributed by atoms with Crippen LogP contribution in [0.5, 0.6) is 11.5 Å². The number of benzene rings is 2. The molecule has 0 spiro atoms. The first-order valence-corrected chi connectivity index (χ1v) is 7.90. The summed E-state index contributed by atoms with van der Waals surface area (Å²) in [4.78, 5) is 0. The van der Waals surface area contributed by atoms with Crippen LogP contribution in [0.3, 0.4) is 0 Å². The zero-order valence-corrected chi connectivity index (χ0v) is 15.0. The first-order valence-electron chi connectivity index (χ1n) is 6.74. The Kier molecular flexibility index (Phi) is 6.33. The van der Waals surface area contributed by atoms with Crippen LogP contribution in [0, 0.1) is 0 Å². The van der Waals surface area contributed by atoms with E-state index in [0.29, 0.717) is 21.7 Å². The molecule has 0 bridgehead atoms. The highest BCUT2D eigenvalue weighted by Gasteiger charge is 2.06. The van der Waals surface area contributed by atoms with Gasteiger partial charge in [-0.1, -0.05) is 23.2 Å². The van der Waals surface area contributed by atoms with Gasteiger partial charge in [0.1, 0.15) is 11.5 Å². The van der Waals surface area contributed by atoms with Gasteiger partial charge in [0.05, 0.1) is 24.3 Å². The van der Waals surface area contributed by atoms with Crippen LogP contribution in [-0.4, -0.2) is 19.3 Å². The summed E-state index contributed by atoms with van der Waals surface area (Å²) in [6, 6.07) is 10.8. The lowest BCUT2D eigenvalue weighted by molar-refractivity contribution is 0.390. The smallest absolute Gasteiger partial charge is 0.171 e. The van der Waals surface area contributed by atoms with E-state index in [0.717, 1.165) is 22.7 Å². The van der Waals surface area contributed by atoms with Crippen LogP contribution in [-0.2, 0) is 6.54 Å². The summed E-state index contributed by atoms with van der Waals surface area (Å²) in [6.07, 6.45) is 0. The highest BCUT2D eigenvalue weighted by Crippen LogP contribution is 2.26. The molecule has 0 fully saturated rings. The van der Waals surface area contributed by atoms with Crippen molar-refractivity contribution in [1.29, 1.82) is 0 Å². The van der Waals surface area contributed by atoms with E-state index < -0.39 is 0 Å². The topological polar surface area (TPSA) is 42.5 Å². The maximum Gasteiger partial charge on any atom is 0.171 e.